The summed E-state index contributed by atoms with van der Waals surface area (Å²) in [5, 5.41) is 16.0. The molecule has 6 nitrogen and oxygen atoms in total. The molecule has 0 bridgehead atoms. The molecule has 2 heterocycles. The van der Waals surface area contributed by atoms with E-state index in [0.29, 0.717) is 0 Å². The van der Waals surface area contributed by atoms with Gasteiger partial charge >= 0.3 is 0 Å². The van der Waals surface area contributed by atoms with Crippen molar-refractivity contribution in [2.45, 2.75) is 13.8 Å². The summed E-state index contributed by atoms with van der Waals surface area (Å²) >= 11 is 0. The van der Waals surface area contributed by atoms with Crippen molar-refractivity contribution >= 4 is 22.9 Å². The molecule has 6 heteroatoms. The van der Waals surface area contributed by atoms with Gasteiger partial charge in [-0.2, -0.15) is 5.10 Å². The topological polar surface area (TPSA) is 79.5 Å². The van der Waals surface area contributed by atoms with Gasteiger partial charge in [0.1, 0.15) is 5.75 Å². The van der Waals surface area contributed by atoms with Crippen LogP contribution >= 0.6 is 0 Å². The number of hydrogen-bond acceptors (Lipinski definition) is 4. The third kappa shape index (κ3) is 3.60. The molecule has 144 valence electrons. The number of aromatic hydroxyl groups is 1. The summed E-state index contributed by atoms with van der Waals surface area (Å²) < 4.78 is 2.10. The molecular weight excluding hydrogens is 364 g/mol. The number of hydrogen-bond donors (Lipinski definition) is 2. The molecule has 0 atom stereocenters. The molecule has 2 aromatic carbocycles. The minimum atomic E-state index is -0.465. The lowest BCUT2D eigenvalue weighted by Gasteiger charge is -2.08. The number of hydrazone groups is 1. The van der Waals surface area contributed by atoms with Gasteiger partial charge in [0, 0.05) is 35.0 Å². The van der Waals surface area contributed by atoms with E-state index in [9.17, 15) is 9.90 Å². The van der Waals surface area contributed by atoms with E-state index in [-0.39, 0.29) is 11.3 Å². The number of pyridine rings is 1. The first kappa shape index (κ1) is 18.4. The molecule has 0 aliphatic carbocycles. The third-order valence-electron chi connectivity index (χ3n) is 4.87. The number of fused-ring (bicyclic) bond motifs is 1. The van der Waals surface area contributed by atoms with E-state index in [1.165, 1.54) is 0 Å². The number of phenolic OH excluding ortho intramolecular Hbond substituents is 1. The second-order valence-corrected chi connectivity index (χ2v) is 6.78. The molecule has 0 spiro atoms. The van der Waals surface area contributed by atoms with E-state index in [1.807, 2.05) is 56.3 Å². The number of nitrogens with zero attached hydrogens (tertiary/aromatic N) is 3. The Kier molecular flexibility index (Phi) is 4.83. The van der Waals surface area contributed by atoms with Crippen LogP contribution in [0.15, 0.2) is 72.1 Å². The SMILES string of the molecule is Cc1cc(C=NNC(=O)c2cc3ccccc3cc2O)c(C)n1-c1ccncc1. The van der Waals surface area contributed by atoms with Crippen LogP contribution in [0.4, 0.5) is 0 Å². The Morgan fingerprint density at radius 3 is 2.48 bits per heavy atom. The number of aromatic nitrogens is 2. The van der Waals surface area contributed by atoms with Crippen LogP contribution in [-0.2, 0) is 0 Å². The van der Waals surface area contributed by atoms with Crippen LogP contribution in [0.3, 0.4) is 0 Å². The number of nitrogens with one attached hydrogen (secondary N) is 1. The molecule has 2 N–H and O–H groups in total. The van der Waals surface area contributed by atoms with Crippen LogP contribution in [0, 0.1) is 13.8 Å². The minimum Gasteiger partial charge on any atom is -0.507 e. The van der Waals surface area contributed by atoms with Crippen LogP contribution in [-0.4, -0.2) is 26.8 Å². The number of benzene rings is 2. The van der Waals surface area contributed by atoms with Crippen molar-refractivity contribution in [2.75, 3.05) is 0 Å². The molecule has 0 saturated carbocycles. The highest BCUT2D eigenvalue weighted by atomic mass is 16.3. The lowest BCUT2D eigenvalue weighted by atomic mass is 10.1. The minimum absolute atomic E-state index is 0.0766. The smallest absolute Gasteiger partial charge is 0.275 e. The van der Waals surface area contributed by atoms with E-state index in [4.69, 9.17) is 0 Å². The second-order valence-electron chi connectivity index (χ2n) is 6.78. The summed E-state index contributed by atoms with van der Waals surface area (Å²) in [6.07, 6.45) is 5.10. The molecule has 29 heavy (non-hydrogen) atoms. The van der Waals surface area contributed by atoms with E-state index in [2.05, 4.69) is 20.1 Å². The monoisotopic (exact) mass is 384 g/mol. The number of amides is 1. The summed E-state index contributed by atoms with van der Waals surface area (Å²) in [5.41, 5.74) is 6.64. The Morgan fingerprint density at radius 1 is 1.07 bits per heavy atom. The first-order chi connectivity index (χ1) is 14.0. The van der Waals surface area contributed by atoms with Crippen molar-refractivity contribution in [2.24, 2.45) is 5.10 Å². The zero-order valence-electron chi connectivity index (χ0n) is 16.1. The predicted molar refractivity (Wildman–Crippen MR) is 114 cm³/mol. The van der Waals surface area contributed by atoms with Crippen molar-refractivity contribution in [1.29, 1.82) is 0 Å². The maximum Gasteiger partial charge on any atom is 0.275 e. The van der Waals surface area contributed by atoms with E-state index in [0.717, 1.165) is 33.4 Å². The Balaban J connectivity index is 1.55. The van der Waals surface area contributed by atoms with Crippen molar-refractivity contribution in [1.82, 2.24) is 15.0 Å². The molecule has 0 saturated heterocycles. The number of aryl methyl sites for hydroxylation is 1. The lowest BCUT2D eigenvalue weighted by molar-refractivity contribution is 0.0952. The van der Waals surface area contributed by atoms with Crippen LogP contribution in [0.2, 0.25) is 0 Å². The molecular formula is C23H20N4O2. The van der Waals surface area contributed by atoms with E-state index >= 15 is 0 Å². The highest BCUT2D eigenvalue weighted by molar-refractivity contribution is 6.01. The molecule has 0 fully saturated rings. The van der Waals surface area contributed by atoms with Crippen LogP contribution in [0.1, 0.15) is 27.3 Å². The number of carbonyl (C=O) groups is 1. The zero-order valence-corrected chi connectivity index (χ0v) is 16.1. The largest absolute Gasteiger partial charge is 0.507 e. The van der Waals surface area contributed by atoms with Gasteiger partial charge in [0.05, 0.1) is 11.8 Å². The van der Waals surface area contributed by atoms with Gasteiger partial charge in [-0.25, -0.2) is 5.43 Å². The Morgan fingerprint density at radius 2 is 1.76 bits per heavy atom. The lowest BCUT2D eigenvalue weighted by Crippen LogP contribution is -2.17. The number of phenols is 1. The molecule has 0 radical (unpaired) electrons. The Hall–Kier alpha value is -3.93. The summed E-state index contributed by atoms with van der Waals surface area (Å²) in [4.78, 5) is 16.5. The highest BCUT2D eigenvalue weighted by Gasteiger charge is 2.12. The van der Waals surface area contributed by atoms with Crippen LogP contribution < -0.4 is 5.43 Å². The van der Waals surface area contributed by atoms with Gasteiger partial charge in [-0.3, -0.25) is 9.78 Å². The molecule has 2 aromatic heterocycles. The van der Waals surface area contributed by atoms with Crippen LogP contribution in [0.25, 0.3) is 16.5 Å². The average molecular weight is 384 g/mol. The van der Waals surface area contributed by atoms with Gasteiger partial charge in [-0.05, 0) is 55.0 Å². The Labute approximate surface area is 168 Å². The molecule has 0 aliphatic rings. The second kappa shape index (κ2) is 7.59. The number of rotatable bonds is 4. The average Bonchev–Trinajstić information content (AvgIpc) is 3.01. The number of carbonyl (C=O) groups excluding carboxylic acids is 1. The maximum atomic E-state index is 12.5. The molecule has 4 rings (SSSR count). The summed E-state index contributed by atoms with van der Waals surface area (Å²) in [6.45, 7) is 4.00. The van der Waals surface area contributed by atoms with Crippen LogP contribution in [0.5, 0.6) is 5.75 Å². The highest BCUT2D eigenvalue weighted by Crippen LogP contribution is 2.25. The van der Waals surface area contributed by atoms with Gasteiger partial charge in [0.25, 0.3) is 5.91 Å². The van der Waals surface area contributed by atoms with Gasteiger partial charge in [-0.1, -0.05) is 24.3 Å². The maximum absolute atomic E-state index is 12.5. The van der Waals surface area contributed by atoms with E-state index in [1.54, 1.807) is 30.7 Å². The summed E-state index contributed by atoms with van der Waals surface area (Å²) in [6, 6.07) is 16.7. The first-order valence-corrected chi connectivity index (χ1v) is 9.19. The standard InChI is InChI=1S/C23H20N4O2/c1-15-11-19(16(2)27(15)20-7-9-24-10-8-20)14-25-26-23(29)21-12-17-5-3-4-6-18(17)13-22(21)28/h3-14,28H,1-2H3,(H,26,29). The van der Waals surface area contributed by atoms with E-state index < -0.39 is 5.91 Å². The summed E-state index contributed by atoms with van der Waals surface area (Å²) in [7, 11) is 0. The first-order valence-electron chi connectivity index (χ1n) is 9.19. The molecule has 4 aromatic rings. The van der Waals surface area contributed by atoms with Gasteiger partial charge in [-0.15, -0.1) is 0 Å². The zero-order chi connectivity index (χ0) is 20.4. The van der Waals surface area contributed by atoms with Gasteiger partial charge in [0.15, 0.2) is 0 Å². The fourth-order valence-corrected chi connectivity index (χ4v) is 3.44. The third-order valence-corrected chi connectivity index (χ3v) is 4.87. The summed E-state index contributed by atoms with van der Waals surface area (Å²) in [5.74, 6) is -0.542. The normalized spacial score (nSPS) is 11.2. The quantitative estimate of drug-likeness (QED) is 0.410. The van der Waals surface area contributed by atoms with Crippen molar-refractivity contribution in [3.63, 3.8) is 0 Å². The molecule has 0 unspecified atom stereocenters. The van der Waals surface area contributed by atoms with Crippen molar-refractivity contribution in [3.05, 3.63) is 89.5 Å². The fraction of sp³-hybridized carbons (Fsp3) is 0.0870. The molecule has 1 amide bonds. The molecule has 0 aliphatic heterocycles. The predicted octanol–water partition coefficient (Wildman–Crippen LogP) is 4.11. The van der Waals surface area contributed by atoms with Crippen molar-refractivity contribution in [3.8, 4) is 11.4 Å². The Bertz CT molecular complexity index is 1230. The fourth-order valence-electron chi connectivity index (χ4n) is 3.44. The van der Waals surface area contributed by atoms with Gasteiger partial charge < -0.3 is 9.67 Å². The van der Waals surface area contributed by atoms with Gasteiger partial charge in [0.2, 0.25) is 0 Å². The van der Waals surface area contributed by atoms with Crippen molar-refractivity contribution < 1.29 is 9.90 Å².